The van der Waals surface area contributed by atoms with Crippen LogP contribution in [0.4, 0.5) is 13.2 Å². The molecule has 2 atom stereocenters. The molecule has 0 aliphatic carbocycles. The number of ether oxygens (including phenoxy) is 2. The minimum Gasteiger partial charge on any atom is -0.483 e. The van der Waals surface area contributed by atoms with Crippen LogP contribution in [0.1, 0.15) is 51.4 Å². The zero-order valence-electron chi connectivity index (χ0n) is 21.3. The quantitative estimate of drug-likeness (QED) is 0.516. The van der Waals surface area contributed by atoms with Crippen molar-refractivity contribution in [2.24, 2.45) is 0 Å². The minimum absolute atomic E-state index is 0.0152. The first kappa shape index (κ1) is 26.5. The van der Waals surface area contributed by atoms with Crippen molar-refractivity contribution in [2.45, 2.75) is 38.1 Å². The van der Waals surface area contributed by atoms with Gasteiger partial charge in [-0.25, -0.2) is 13.2 Å². The molecule has 1 saturated heterocycles. The van der Waals surface area contributed by atoms with Crippen molar-refractivity contribution in [2.75, 3.05) is 20.3 Å². The predicted octanol–water partition coefficient (Wildman–Crippen LogP) is 3.58. The second-order valence-electron chi connectivity index (χ2n) is 9.82. The van der Waals surface area contributed by atoms with Crippen molar-refractivity contribution in [3.8, 4) is 5.75 Å². The van der Waals surface area contributed by atoms with Crippen LogP contribution in [0.15, 0.2) is 53.5 Å². The van der Waals surface area contributed by atoms with Gasteiger partial charge in [-0.15, -0.1) is 0 Å². The highest BCUT2D eigenvalue weighted by molar-refractivity contribution is 5.99. The van der Waals surface area contributed by atoms with Gasteiger partial charge in [0.1, 0.15) is 29.6 Å². The van der Waals surface area contributed by atoms with E-state index in [2.05, 4.69) is 5.32 Å². The summed E-state index contributed by atoms with van der Waals surface area (Å²) in [5.74, 6) is -5.14. The highest BCUT2D eigenvalue weighted by Crippen LogP contribution is 2.42. The number of nitrogens with one attached hydrogen (secondary N) is 1. The Bertz CT molecular complexity index is 1490. The van der Waals surface area contributed by atoms with Crippen molar-refractivity contribution in [3.63, 3.8) is 0 Å². The highest BCUT2D eigenvalue weighted by atomic mass is 19.1. The molecule has 0 unspecified atom stereocenters. The summed E-state index contributed by atoms with van der Waals surface area (Å²) in [7, 11) is 1.65. The fraction of sp³-hybridized carbons (Fsp3) is 0.321. The Labute approximate surface area is 221 Å². The van der Waals surface area contributed by atoms with Crippen molar-refractivity contribution in [3.05, 3.63) is 98.7 Å². The molecule has 39 heavy (non-hydrogen) atoms. The number of pyridine rings is 1. The number of benzene rings is 2. The van der Waals surface area contributed by atoms with Crippen LogP contribution in [0.3, 0.4) is 0 Å². The maximum atomic E-state index is 14.1. The highest BCUT2D eigenvalue weighted by Gasteiger charge is 2.50. The number of aromatic nitrogens is 1. The average molecular weight is 542 g/mol. The molecule has 0 radical (unpaired) electrons. The number of hydrogen-bond donors (Lipinski definition) is 1. The Hall–Kier alpha value is -4.12. The fourth-order valence-corrected chi connectivity index (χ4v) is 5.07. The lowest BCUT2D eigenvalue weighted by Crippen LogP contribution is -2.61. The Balaban J connectivity index is 1.57. The maximum Gasteiger partial charge on any atom is 0.274 e. The molecule has 2 amide bonds. The smallest absolute Gasteiger partial charge is 0.274 e. The fourth-order valence-electron chi connectivity index (χ4n) is 5.07. The molecular formula is C28H26F3N3O5. The van der Waals surface area contributed by atoms with Crippen molar-refractivity contribution >= 4 is 11.8 Å². The van der Waals surface area contributed by atoms with Gasteiger partial charge in [-0.1, -0.05) is 30.3 Å². The molecular weight excluding hydrogens is 515 g/mol. The maximum absolute atomic E-state index is 14.1. The van der Waals surface area contributed by atoms with Crippen LogP contribution in [0.5, 0.6) is 5.75 Å². The molecule has 3 aromatic rings. The average Bonchev–Trinajstić information content (AvgIpc) is 2.91. The first-order chi connectivity index (χ1) is 18.6. The number of carbonyl (C=O) groups excluding carboxylic acids is 2. The lowest BCUT2D eigenvalue weighted by atomic mass is 9.82. The van der Waals surface area contributed by atoms with Crippen LogP contribution in [0.25, 0.3) is 0 Å². The molecule has 8 nitrogen and oxygen atoms in total. The summed E-state index contributed by atoms with van der Waals surface area (Å²) in [6.07, 6.45) is 1.79. The summed E-state index contributed by atoms with van der Waals surface area (Å²) < 4.78 is 54.7. The third-order valence-corrected chi connectivity index (χ3v) is 7.55. The third-order valence-electron chi connectivity index (χ3n) is 7.55. The van der Waals surface area contributed by atoms with Crippen LogP contribution >= 0.6 is 0 Å². The number of fused-ring (bicyclic) bond motifs is 3. The van der Waals surface area contributed by atoms with E-state index >= 15 is 0 Å². The van der Waals surface area contributed by atoms with Gasteiger partial charge in [-0.2, -0.15) is 0 Å². The van der Waals surface area contributed by atoms with E-state index in [0.29, 0.717) is 25.2 Å². The van der Waals surface area contributed by atoms with E-state index in [1.54, 1.807) is 36.2 Å². The Morgan fingerprint density at radius 2 is 1.85 bits per heavy atom. The van der Waals surface area contributed by atoms with Gasteiger partial charge in [-0.3, -0.25) is 14.4 Å². The number of halogens is 3. The Morgan fingerprint density at radius 3 is 2.54 bits per heavy atom. The molecule has 2 aliphatic rings. The monoisotopic (exact) mass is 541 g/mol. The van der Waals surface area contributed by atoms with Crippen LogP contribution in [0, 0.1) is 17.5 Å². The van der Waals surface area contributed by atoms with Crippen LogP contribution in [-0.2, 0) is 17.9 Å². The second kappa shape index (κ2) is 10.2. The molecule has 5 rings (SSSR count). The topological polar surface area (TPSA) is 89.9 Å². The van der Waals surface area contributed by atoms with E-state index in [4.69, 9.17) is 9.47 Å². The number of amides is 2. The Kier molecular flexibility index (Phi) is 6.94. The summed E-state index contributed by atoms with van der Waals surface area (Å²) in [5.41, 5.74) is -1.74. The molecule has 1 N–H and O–H groups in total. The van der Waals surface area contributed by atoms with Crippen LogP contribution < -0.4 is 15.5 Å². The lowest BCUT2D eigenvalue weighted by Gasteiger charge is -2.52. The zero-order chi connectivity index (χ0) is 27.9. The van der Waals surface area contributed by atoms with Gasteiger partial charge >= 0.3 is 0 Å². The van der Waals surface area contributed by atoms with Gasteiger partial charge in [0.15, 0.2) is 11.4 Å². The summed E-state index contributed by atoms with van der Waals surface area (Å²) in [5, 5.41) is 2.33. The molecule has 0 saturated carbocycles. The van der Waals surface area contributed by atoms with E-state index in [0.717, 1.165) is 5.56 Å². The van der Waals surface area contributed by atoms with Gasteiger partial charge in [0, 0.05) is 44.1 Å². The third kappa shape index (κ3) is 4.67. The van der Waals surface area contributed by atoms with Crippen molar-refractivity contribution in [1.82, 2.24) is 14.8 Å². The number of carbonyl (C=O) groups is 2. The number of rotatable bonds is 6. The second-order valence-corrected chi connectivity index (χ2v) is 9.82. The van der Waals surface area contributed by atoms with Gasteiger partial charge in [0.25, 0.3) is 11.8 Å². The van der Waals surface area contributed by atoms with Gasteiger partial charge in [0.2, 0.25) is 5.43 Å². The first-order valence-electron chi connectivity index (χ1n) is 12.3. The summed E-state index contributed by atoms with van der Waals surface area (Å²) in [4.78, 5) is 41.9. The minimum atomic E-state index is -1.18. The number of nitrogens with zero attached hydrogens (tertiary/aromatic N) is 2. The molecule has 1 aromatic heterocycles. The summed E-state index contributed by atoms with van der Waals surface area (Å²) in [6.45, 7) is 1.87. The Morgan fingerprint density at radius 1 is 1.15 bits per heavy atom. The molecule has 0 bridgehead atoms. The van der Waals surface area contributed by atoms with E-state index in [-0.39, 0.29) is 30.2 Å². The van der Waals surface area contributed by atoms with Crippen molar-refractivity contribution in [1.29, 1.82) is 0 Å². The number of hydrogen-bond acceptors (Lipinski definition) is 5. The van der Waals surface area contributed by atoms with Gasteiger partial charge < -0.3 is 24.3 Å². The molecule has 2 aromatic carbocycles. The van der Waals surface area contributed by atoms with Gasteiger partial charge in [-0.05, 0) is 18.9 Å². The predicted molar refractivity (Wildman–Crippen MR) is 134 cm³/mol. The molecule has 1 fully saturated rings. The number of likely N-dealkylation sites (N-methyl/N-ethyl adjacent to an activating group) is 1. The first-order valence-corrected chi connectivity index (χ1v) is 12.3. The van der Waals surface area contributed by atoms with E-state index in [1.807, 2.05) is 13.0 Å². The largest absolute Gasteiger partial charge is 0.483 e. The lowest BCUT2D eigenvalue weighted by molar-refractivity contribution is -0.0529. The van der Waals surface area contributed by atoms with Gasteiger partial charge in [0.05, 0.1) is 18.2 Å². The van der Waals surface area contributed by atoms with E-state index in [1.165, 1.54) is 10.8 Å². The summed E-state index contributed by atoms with van der Waals surface area (Å²) in [6, 6.07) is 9.53. The normalized spacial score (nSPS) is 20.3. The molecule has 0 spiro atoms. The summed E-state index contributed by atoms with van der Waals surface area (Å²) >= 11 is 0. The van der Waals surface area contributed by atoms with Crippen molar-refractivity contribution < 1.29 is 32.2 Å². The van der Waals surface area contributed by atoms with Crippen LogP contribution in [-0.4, -0.2) is 47.1 Å². The van der Waals surface area contributed by atoms with E-state index in [9.17, 15) is 27.6 Å². The zero-order valence-corrected chi connectivity index (χ0v) is 21.3. The molecule has 204 valence electrons. The molecule has 11 heteroatoms. The van der Waals surface area contributed by atoms with Crippen LogP contribution in [0.2, 0.25) is 0 Å². The molecule has 3 heterocycles. The molecule has 2 aliphatic heterocycles. The SMILES string of the molecule is CN1C(=O)c2c(OCc3ccccc3)c(=O)c(C(=O)NCc3c(F)cc(F)cc3F)cn2[C@H]2COCC[C@]21C. The van der Waals surface area contributed by atoms with E-state index < -0.39 is 58.4 Å². The standard InChI is InChI=1S/C28H26F3N3O5/c1-28-8-9-38-15-22(28)34-13-19(26(36)32-12-18-20(30)10-17(29)11-21(18)31)24(35)25(23(34)27(37)33(28)2)39-14-16-6-4-3-5-7-16/h3-7,10-11,13,22H,8-9,12,14-15H2,1-2H3,(H,32,36)/t22-,28+/m0/s1.